The van der Waals surface area contributed by atoms with Crippen molar-refractivity contribution in [1.82, 2.24) is 14.9 Å². The molecule has 73 heavy (non-hydrogen) atoms. The Balaban J connectivity index is 1.04. The maximum atomic E-state index is 12.8. The largest absolute Gasteiger partial charge is 0.490 e. The molecule has 0 spiro atoms. The van der Waals surface area contributed by atoms with E-state index in [1.807, 2.05) is 38.2 Å². The number of H-pyrrole nitrogens is 1. The molecular formula is C47H61N5O17P3S+. The summed E-state index contributed by atoms with van der Waals surface area (Å²) in [6, 6.07) is 10.4. The van der Waals surface area contributed by atoms with Crippen LogP contribution in [0.2, 0.25) is 0 Å². The molecule has 26 heteroatoms. The fraction of sp³-hybridized carbons (Fsp3) is 0.447. The lowest BCUT2D eigenvalue weighted by atomic mass is 9.81. The first-order chi connectivity index (χ1) is 33.9. The summed E-state index contributed by atoms with van der Waals surface area (Å²) in [5.74, 6) is 4.06. The number of allylic oxidation sites excluding steroid dienone is 6. The highest BCUT2D eigenvalue weighted by atomic mass is 32.2. The van der Waals surface area contributed by atoms with Crippen molar-refractivity contribution in [1.29, 1.82) is 0 Å². The Morgan fingerprint density at radius 1 is 0.945 bits per heavy atom. The molecule has 0 bridgehead atoms. The van der Waals surface area contributed by atoms with Crippen molar-refractivity contribution >= 4 is 56.6 Å². The van der Waals surface area contributed by atoms with Gasteiger partial charge in [0, 0.05) is 72.0 Å². The van der Waals surface area contributed by atoms with Gasteiger partial charge in [-0.2, -0.15) is 21.6 Å². The van der Waals surface area contributed by atoms with Gasteiger partial charge in [-0.1, -0.05) is 61.6 Å². The van der Waals surface area contributed by atoms with E-state index in [1.54, 1.807) is 6.07 Å². The summed E-state index contributed by atoms with van der Waals surface area (Å²) in [5.41, 5.74) is 4.74. The highest BCUT2D eigenvalue weighted by Crippen LogP contribution is 2.66. The van der Waals surface area contributed by atoms with Crippen LogP contribution in [0.25, 0.3) is 0 Å². The predicted octanol–water partition coefficient (Wildman–Crippen LogP) is 5.67. The molecule has 3 aliphatic rings. The molecule has 3 aromatic rings. The van der Waals surface area contributed by atoms with E-state index in [-0.39, 0.29) is 47.6 Å². The number of aryl methyl sites for hydroxylation is 1. The zero-order chi connectivity index (χ0) is 53.9. The van der Waals surface area contributed by atoms with E-state index in [1.165, 1.54) is 34.6 Å². The number of benzene rings is 2. The predicted molar refractivity (Wildman–Crippen MR) is 270 cm³/mol. The summed E-state index contributed by atoms with van der Waals surface area (Å²) < 4.78 is 84.1. The first-order valence-corrected chi connectivity index (χ1v) is 29.2. The third-order valence-corrected chi connectivity index (χ3v) is 17.7. The van der Waals surface area contributed by atoms with Crippen LogP contribution in [-0.4, -0.2) is 95.7 Å². The molecule has 1 fully saturated rings. The number of fused-ring (bicyclic) bond motifs is 2. The van der Waals surface area contributed by atoms with Gasteiger partial charge < -0.3 is 34.9 Å². The molecule has 0 saturated heterocycles. The zero-order valence-electron chi connectivity index (χ0n) is 41.0. The van der Waals surface area contributed by atoms with Crippen molar-refractivity contribution in [2.75, 3.05) is 31.1 Å². The fourth-order valence-electron chi connectivity index (χ4n) is 9.47. The average Bonchev–Trinajstić information content (AvgIpc) is 3.82. The van der Waals surface area contributed by atoms with Gasteiger partial charge in [0.05, 0.1) is 29.6 Å². The van der Waals surface area contributed by atoms with E-state index < -0.39 is 74.9 Å². The zero-order valence-corrected chi connectivity index (χ0v) is 44.5. The van der Waals surface area contributed by atoms with Gasteiger partial charge in [-0.25, -0.2) is 18.5 Å². The summed E-state index contributed by atoms with van der Waals surface area (Å²) in [5, 5.41) is 13.3. The first-order valence-electron chi connectivity index (χ1n) is 23.2. The highest BCUT2D eigenvalue weighted by Gasteiger charge is 2.46. The summed E-state index contributed by atoms with van der Waals surface area (Å²) >= 11 is 0. The summed E-state index contributed by atoms with van der Waals surface area (Å²) in [6.07, 6.45) is 11.9. The molecule has 6 rings (SSSR count). The van der Waals surface area contributed by atoms with E-state index >= 15 is 0 Å². The Morgan fingerprint density at radius 3 is 2.36 bits per heavy atom. The van der Waals surface area contributed by atoms with Crippen molar-refractivity contribution in [3.05, 3.63) is 122 Å². The van der Waals surface area contributed by atoms with Crippen LogP contribution in [0.15, 0.2) is 93.2 Å². The van der Waals surface area contributed by atoms with Crippen LogP contribution in [0.1, 0.15) is 101 Å². The monoisotopic (exact) mass is 1090 g/mol. The summed E-state index contributed by atoms with van der Waals surface area (Å²) in [4.78, 5) is 79.0. The molecule has 22 nitrogen and oxygen atoms in total. The van der Waals surface area contributed by atoms with E-state index in [0.717, 1.165) is 34.3 Å². The summed E-state index contributed by atoms with van der Waals surface area (Å²) in [7, 11) is -21.3. The number of aromatic nitrogens is 2. The van der Waals surface area contributed by atoms with Crippen LogP contribution in [0.5, 0.6) is 0 Å². The first kappa shape index (κ1) is 57.4. The van der Waals surface area contributed by atoms with Crippen LogP contribution in [0.3, 0.4) is 0 Å². The number of anilines is 1. The number of rotatable bonds is 20. The lowest BCUT2D eigenvalue weighted by molar-refractivity contribution is -0.438. The SMILES string of the molecule is CCN1C(=CC=CC=CC2=[N+](CCCCCC(=O)NCC#Cc3cn([C@H]4CC(O)[C@@H](COP(=O)(O)OP(=O)(O)OP(=O)(O)O)C4)c(=O)[nH]c3=O)c3ccc(S(=O)(=O)O)cc3C2(C)C)C(C)(C)c2cc(C)ccc21. The molecular weight excluding hydrogens is 1030 g/mol. The minimum atomic E-state index is -5.76. The van der Waals surface area contributed by atoms with Crippen molar-refractivity contribution in [3.63, 3.8) is 0 Å². The molecule has 1 aliphatic carbocycles. The Hall–Kier alpha value is -4.88. The number of amides is 1. The fourth-order valence-corrected chi connectivity index (χ4v) is 13.0. The molecule has 1 aromatic heterocycles. The van der Waals surface area contributed by atoms with Gasteiger partial charge in [0.15, 0.2) is 5.71 Å². The number of aromatic amines is 1. The lowest BCUT2D eigenvalue weighted by Crippen LogP contribution is -2.33. The van der Waals surface area contributed by atoms with Crippen molar-refractivity contribution in [2.45, 2.75) is 108 Å². The molecule has 5 atom stereocenters. The van der Waals surface area contributed by atoms with Gasteiger partial charge in [0.1, 0.15) is 12.1 Å². The van der Waals surface area contributed by atoms with Gasteiger partial charge in [-0.3, -0.25) is 28.2 Å². The van der Waals surface area contributed by atoms with Crippen LogP contribution in [-0.2, 0) is 52.6 Å². The van der Waals surface area contributed by atoms with Crippen LogP contribution in [0.4, 0.5) is 11.4 Å². The van der Waals surface area contributed by atoms with E-state index in [4.69, 9.17) is 9.79 Å². The third kappa shape index (κ3) is 14.1. The van der Waals surface area contributed by atoms with E-state index in [2.05, 4.69) is 96.7 Å². The second-order valence-corrected chi connectivity index (χ2v) is 24.8. The normalized spacial score (nSPS) is 21.6. The Morgan fingerprint density at radius 2 is 1.67 bits per heavy atom. The number of phosphoric ester groups is 1. The highest BCUT2D eigenvalue weighted by molar-refractivity contribution is 7.85. The second-order valence-electron chi connectivity index (χ2n) is 18.9. The number of hydrogen-bond donors (Lipinski definition) is 8. The average molecular weight is 1090 g/mol. The number of aliphatic hydroxyl groups excluding tert-OH is 1. The Bertz CT molecular complexity index is 3220. The minimum absolute atomic E-state index is 0.0622. The molecule has 8 N–H and O–H groups in total. The van der Waals surface area contributed by atoms with Gasteiger partial charge >= 0.3 is 29.2 Å². The number of carbonyl (C=O) groups excluding carboxylic acids is 1. The van der Waals surface area contributed by atoms with E-state index in [0.29, 0.717) is 25.8 Å². The van der Waals surface area contributed by atoms with Crippen LogP contribution in [0, 0.1) is 24.7 Å². The van der Waals surface area contributed by atoms with Gasteiger partial charge in [-0.05, 0) is 83.2 Å². The maximum Gasteiger partial charge on any atom is 0.490 e. The number of aliphatic hydroxyl groups is 1. The van der Waals surface area contributed by atoms with Gasteiger partial charge in [0.25, 0.3) is 15.7 Å². The number of likely N-dealkylation sites (N-methyl/N-ethyl adjacent to an activating group) is 1. The maximum absolute atomic E-state index is 12.8. The topological polar surface area (TPSA) is 325 Å². The second kappa shape index (κ2) is 22.5. The van der Waals surface area contributed by atoms with Crippen LogP contribution < -0.4 is 21.5 Å². The number of carbonyl (C=O) groups is 1. The van der Waals surface area contributed by atoms with Crippen molar-refractivity contribution in [3.8, 4) is 11.8 Å². The molecule has 2 aromatic carbocycles. The Kier molecular flexibility index (Phi) is 17.7. The molecule has 2 aliphatic heterocycles. The minimum Gasteiger partial charge on any atom is -0.393 e. The number of nitrogens with zero attached hydrogens (tertiary/aromatic N) is 3. The van der Waals surface area contributed by atoms with Crippen LogP contribution >= 0.6 is 23.5 Å². The Labute approximate surface area is 422 Å². The number of hydrogen-bond acceptors (Lipinski definition) is 13. The molecule has 3 unspecified atom stereocenters. The smallest absolute Gasteiger partial charge is 0.393 e. The quantitative estimate of drug-likeness (QED) is 0.0169. The molecule has 1 amide bonds. The lowest BCUT2D eigenvalue weighted by Gasteiger charge is -2.25. The number of unbranched alkanes of at least 4 members (excludes halogenated alkanes) is 2. The van der Waals surface area contributed by atoms with Crippen molar-refractivity contribution in [2.24, 2.45) is 5.92 Å². The molecule has 3 heterocycles. The van der Waals surface area contributed by atoms with Gasteiger partial charge in [0.2, 0.25) is 11.6 Å². The van der Waals surface area contributed by atoms with E-state index in [9.17, 15) is 55.9 Å². The standard InChI is InChI=1S/C47H60N5O17P3S/c1-7-50-38-21-19-31(2)25-36(38)46(3,4)41(50)16-10-8-11-17-42-47(5,6)37-28-35(73(64,65)66)20-22-39(37)51(42)24-13-9-12-18-43(54)48-23-14-15-32-29-52(45(56)49-44(32)55)34-26-33(40(53)27-34)30-67-71(60,61)69-72(62,63)68-70(57,58)59/h8,10-11,16-17,19-22,25,28-29,33-34,40,53H,7,9,12-13,18,23-24,26-27,30H2,1-6H3,(H6-,48,49,54,55,56,57,58,59,60,61,62,63,64,65,66)/p+1/t33-,34-,40?/m1/s1. The number of nitrogens with one attached hydrogen (secondary N) is 2. The molecule has 396 valence electrons. The molecule has 0 radical (unpaired) electrons. The van der Waals surface area contributed by atoms with Crippen molar-refractivity contribution < 1.29 is 73.9 Å². The molecule has 1 saturated carbocycles. The summed E-state index contributed by atoms with van der Waals surface area (Å²) in [6.45, 7) is 13.2. The third-order valence-electron chi connectivity index (χ3n) is 13.0. The number of phosphoric acid groups is 3. The van der Waals surface area contributed by atoms with Gasteiger partial charge in [-0.15, -0.1) is 0 Å².